The highest BCUT2D eigenvalue weighted by atomic mass is 16.5. The quantitative estimate of drug-likeness (QED) is 0.242. The zero-order valence-corrected chi connectivity index (χ0v) is 25.4. The van der Waals surface area contributed by atoms with Crippen LogP contribution in [0, 0.1) is 5.41 Å². The van der Waals surface area contributed by atoms with Crippen LogP contribution in [0.2, 0.25) is 0 Å². The molecule has 5 heterocycles. The highest BCUT2D eigenvalue weighted by Crippen LogP contribution is 2.44. The second-order valence-electron chi connectivity index (χ2n) is 11.7. The standard InChI is InChI=1S/C34H34N8O4/c1-45-27-9-5-8-26(18-27)38-31-33(44)42(28-11-10-24(19-35-28)25-20-36-37-21-25)22-34(31)14-16-41(17-15-34)30(43)13-12-29-39-40-32(46-29)23-6-3-2-4-7-23/h2-11,18-21,31,38H,12-17,22H2,1H3,(H,36,37). The number of H-pyrrole nitrogens is 1. The molecule has 0 saturated carbocycles. The van der Waals surface area contributed by atoms with E-state index in [2.05, 4.69) is 30.7 Å². The van der Waals surface area contributed by atoms with Gasteiger partial charge in [-0.05, 0) is 49.2 Å². The van der Waals surface area contributed by atoms with E-state index >= 15 is 0 Å². The Morgan fingerprint density at radius 1 is 1.02 bits per heavy atom. The first-order chi connectivity index (χ1) is 22.5. The van der Waals surface area contributed by atoms with Gasteiger partial charge in [-0.1, -0.05) is 24.3 Å². The summed E-state index contributed by atoms with van der Waals surface area (Å²) in [6, 6.07) is 20.5. The third-order valence-electron chi connectivity index (χ3n) is 8.99. The number of rotatable bonds is 9. The summed E-state index contributed by atoms with van der Waals surface area (Å²) >= 11 is 0. The van der Waals surface area contributed by atoms with Crippen molar-refractivity contribution >= 4 is 23.3 Å². The minimum Gasteiger partial charge on any atom is -0.497 e. The number of ether oxygens (including phenoxy) is 1. The molecule has 2 aromatic carbocycles. The highest BCUT2D eigenvalue weighted by Gasteiger charge is 2.54. The van der Waals surface area contributed by atoms with Crippen LogP contribution in [-0.2, 0) is 16.0 Å². The van der Waals surface area contributed by atoms with Gasteiger partial charge in [-0.2, -0.15) is 5.10 Å². The lowest BCUT2D eigenvalue weighted by molar-refractivity contribution is -0.133. The Balaban J connectivity index is 1.05. The van der Waals surface area contributed by atoms with Gasteiger partial charge in [0.1, 0.15) is 17.6 Å². The molecule has 2 amide bonds. The summed E-state index contributed by atoms with van der Waals surface area (Å²) in [5, 5.41) is 18.6. The number of amides is 2. The normalized spacial score (nSPS) is 17.4. The lowest BCUT2D eigenvalue weighted by atomic mass is 9.74. The number of piperidine rings is 1. The van der Waals surface area contributed by atoms with E-state index in [0.717, 1.165) is 22.4 Å². The Morgan fingerprint density at radius 3 is 2.61 bits per heavy atom. The molecule has 12 nitrogen and oxygen atoms in total. The summed E-state index contributed by atoms with van der Waals surface area (Å²) < 4.78 is 11.2. The SMILES string of the molecule is COc1cccc(NC2C(=O)N(c3ccc(-c4cn[nH]c4)cn3)CC23CCN(C(=O)CCc2nnc(-c4ccccc4)o2)CC3)c1. The van der Waals surface area contributed by atoms with Crippen LogP contribution in [0.1, 0.15) is 25.2 Å². The van der Waals surface area contributed by atoms with Crippen molar-refractivity contribution in [3.8, 4) is 28.3 Å². The molecule has 0 aliphatic carbocycles. The molecule has 2 aliphatic heterocycles. The molecule has 234 valence electrons. The summed E-state index contributed by atoms with van der Waals surface area (Å²) in [5.74, 6) is 2.17. The van der Waals surface area contributed by atoms with E-state index in [1.807, 2.05) is 71.6 Å². The smallest absolute Gasteiger partial charge is 0.251 e. The number of nitrogens with one attached hydrogen (secondary N) is 2. The summed E-state index contributed by atoms with van der Waals surface area (Å²) in [6.45, 7) is 1.59. The molecular weight excluding hydrogens is 584 g/mol. The number of nitrogens with zero attached hydrogens (tertiary/aromatic N) is 6. The van der Waals surface area contributed by atoms with Crippen LogP contribution in [0.4, 0.5) is 11.5 Å². The molecule has 46 heavy (non-hydrogen) atoms. The number of benzene rings is 2. The number of pyridine rings is 1. The predicted octanol–water partition coefficient (Wildman–Crippen LogP) is 4.60. The molecule has 0 radical (unpaired) electrons. The Labute approximate surface area is 265 Å². The summed E-state index contributed by atoms with van der Waals surface area (Å²) in [4.78, 5) is 35.7. The fraction of sp³-hybridized carbons (Fsp3) is 0.294. The molecule has 3 aromatic heterocycles. The van der Waals surface area contributed by atoms with E-state index in [-0.39, 0.29) is 18.2 Å². The van der Waals surface area contributed by atoms with E-state index in [1.54, 1.807) is 30.6 Å². The van der Waals surface area contributed by atoms with Crippen molar-refractivity contribution in [3.63, 3.8) is 0 Å². The van der Waals surface area contributed by atoms with Gasteiger partial charge in [0.15, 0.2) is 0 Å². The number of anilines is 2. The Hall–Kier alpha value is -5.52. The topological polar surface area (TPSA) is 142 Å². The first-order valence-electron chi connectivity index (χ1n) is 15.3. The average molecular weight is 619 g/mol. The Kier molecular flexibility index (Phi) is 7.91. The molecular formula is C34H34N8O4. The minimum absolute atomic E-state index is 0.0318. The second-order valence-corrected chi connectivity index (χ2v) is 11.7. The Bertz CT molecular complexity index is 1800. The summed E-state index contributed by atoms with van der Waals surface area (Å²) in [5.41, 5.74) is 3.08. The van der Waals surface area contributed by atoms with Gasteiger partial charge < -0.3 is 19.4 Å². The zero-order valence-electron chi connectivity index (χ0n) is 25.4. The number of aryl methyl sites for hydroxylation is 1. The third-order valence-corrected chi connectivity index (χ3v) is 8.99. The van der Waals surface area contributed by atoms with Gasteiger partial charge in [0, 0.05) is 78.7 Å². The molecule has 12 heteroatoms. The number of carbonyl (C=O) groups is 2. The minimum atomic E-state index is -0.498. The van der Waals surface area contributed by atoms with Crippen molar-refractivity contribution in [1.29, 1.82) is 0 Å². The fourth-order valence-electron chi connectivity index (χ4n) is 6.39. The number of hydrogen-bond acceptors (Lipinski definition) is 9. The largest absolute Gasteiger partial charge is 0.497 e. The van der Waals surface area contributed by atoms with Crippen LogP contribution in [0.5, 0.6) is 5.75 Å². The van der Waals surface area contributed by atoms with Gasteiger partial charge in [0.25, 0.3) is 5.91 Å². The van der Waals surface area contributed by atoms with Gasteiger partial charge in [-0.15, -0.1) is 10.2 Å². The molecule has 1 atom stereocenters. The molecule has 7 rings (SSSR count). The highest BCUT2D eigenvalue weighted by molar-refractivity contribution is 6.01. The maximum Gasteiger partial charge on any atom is 0.251 e. The van der Waals surface area contributed by atoms with E-state index in [9.17, 15) is 9.59 Å². The van der Waals surface area contributed by atoms with E-state index < -0.39 is 11.5 Å². The molecule has 2 saturated heterocycles. The summed E-state index contributed by atoms with van der Waals surface area (Å²) in [6.07, 6.45) is 7.26. The van der Waals surface area contributed by atoms with Crippen molar-refractivity contribution in [2.24, 2.45) is 5.41 Å². The lowest BCUT2D eigenvalue weighted by Gasteiger charge is -2.42. The first-order valence-corrected chi connectivity index (χ1v) is 15.3. The molecule has 2 N–H and O–H groups in total. The van der Waals surface area contributed by atoms with Crippen LogP contribution in [0.3, 0.4) is 0 Å². The maximum absolute atomic E-state index is 14.1. The number of likely N-dealkylation sites (tertiary alicyclic amines) is 1. The molecule has 1 spiro atoms. The van der Waals surface area contributed by atoms with Gasteiger partial charge >= 0.3 is 0 Å². The van der Waals surface area contributed by atoms with E-state index in [1.165, 1.54) is 0 Å². The number of hydrogen-bond donors (Lipinski definition) is 2. The first kappa shape index (κ1) is 29.2. The van der Waals surface area contributed by atoms with Crippen LogP contribution < -0.4 is 15.0 Å². The molecule has 2 aliphatic rings. The van der Waals surface area contributed by atoms with Gasteiger partial charge in [0.05, 0.1) is 13.3 Å². The van der Waals surface area contributed by atoms with Crippen molar-refractivity contribution in [2.45, 2.75) is 31.7 Å². The monoisotopic (exact) mass is 618 g/mol. The average Bonchev–Trinajstić information content (AvgIpc) is 3.87. The van der Waals surface area contributed by atoms with Gasteiger partial charge in [-0.25, -0.2) is 4.98 Å². The van der Waals surface area contributed by atoms with Gasteiger partial charge in [-0.3, -0.25) is 19.6 Å². The van der Waals surface area contributed by atoms with Crippen molar-refractivity contribution in [2.75, 3.05) is 37.0 Å². The fourth-order valence-corrected chi connectivity index (χ4v) is 6.39. The predicted molar refractivity (Wildman–Crippen MR) is 171 cm³/mol. The van der Waals surface area contributed by atoms with Crippen LogP contribution in [0.25, 0.3) is 22.6 Å². The zero-order chi connectivity index (χ0) is 31.5. The summed E-state index contributed by atoms with van der Waals surface area (Å²) in [7, 11) is 1.62. The van der Waals surface area contributed by atoms with Crippen LogP contribution >= 0.6 is 0 Å². The van der Waals surface area contributed by atoms with Crippen LogP contribution in [0.15, 0.2) is 89.7 Å². The lowest BCUT2D eigenvalue weighted by Crippen LogP contribution is -2.50. The van der Waals surface area contributed by atoms with E-state index in [4.69, 9.17) is 9.15 Å². The number of methoxy groups -OCH3 is 1. The van der Waals surface area contributed by atoms with Crippen molar-refractivity contribution in [3.05, 3.63) is 91.2 Å². The van der Waals surface area contributed by atoms with Gasteiger partial charge in [0.2, 0.25) is 17.7 Å². The molecule has 2 fully saturated rings. The molecule has 0 bridgehead atoms. The number of carbonyl (C=O) groups excluding carboxylic acids is 2. The van der Waals surface area contributed by atoms with E-state index in [0.29, 0.717) is 62.2 Å². The molecule has 5 aromatic rings. The van der Waals surface area contributed by atoms with Crippen molar-refractivity contribution in [1.82, 2.24) is 30.3 Å². The maximum atomic E-state index is 14.1. The number of aromatic nitrogens is 5. The number of aromatic amines is 1. The Morgan fingerprint density at radius 2 is 1.87 bits per heavy atom. The van der Waals surface area contributed by atoms with Crippen LogP contribution in [-0.4, -0.2) is 74.9 Å². The van der Waals surface area contributed by atoms with Crippen molar-refractivity contribution < 1.29 is 18.7 Å². The molecule has 1 unspecified atom stereocenters. The third kappa shape index (κ3) is 5.81. The second kappa shape index (κ2) is 12.5.